The van der Waals surface area contributed by atoms with Crippen molar-refractivity contribution in [2.45, 2.75) is 45.1 Å². The lowest BCUT2D eigenvalue weighted by molar-refractivity contribution is -0.0514. The molecule has 0 aliphatic heterocycles. The number of carbonyl (C=O) groups is 1. The standard InChI is InChI=1S/C20H27NO3/c1-24-19(23)16-3-2-4-18(22)17(16)11-21-12-20-8-13-5-14(9-20)7-15(6-13)10-20/h2-4,13-15,21-22H,5-12H2,1H3. The van der Waals surface area contributed by atoms with E-state index in [9.17, 15) is 9.90 Å². The van der Waals surface area contributed by atoms with Crippen molar-refractivity contribution in [2.75, 3.05) is 13.7 Å². The first-order valence-corrected chi connectivity index (χ1v) is 9.18. The van der Waals surface area contributed by atoms with Crippen molar-refractivity contribution < 1.29 is 14.6 Å². The van der Waals surface area contributed by atoms with Gasteiger partial charge >= 0.3 is 5.97 Å². The van der Waals surface area contributed by atoms with Crippen LogP contribution in [0.4, 0.5) is 0 Å². The molecule has 4 nitrogen and oxygen atoms in total. The molecule has 0 atom stereocenters. The molecule has 0 unspecified atom stereocenters. The van der Waals surface area contributed by atoms with Crippen LogP contribution in [0.3, 0.4) is 0 Å². The zero-order chi connectivity index (χ0) is 16.7. The van der Waals surface area contributed by atoms with Crippen molar-refractivity contribution in [2.24, 2.45) is 23.2 Å². The van der Waals surface area contributed by atoms with Crippen molar-refractivity contribution in [1.29, 1.82) is 0 Å². The molecule has 0 aromatic heterocycles. The maximum Gasteiger partial charge on any atom is 0.338 e. The molecule has 4 aliphatic carbocycles. The van der Waals surface area contributed by atoms with Crippen LogP contribution in [0.5, 0.6) is 5.75 Å². The monoisotopic (exact) mass is 329 g/mol. The Morgan fingerprint density at radius 3 is 2.42 bits per heavy atom. The van der Waals surface area contributed by atoms with Crippen LogP contribution >= 0.6 is 0 Å². The van der Waals surface area contributed by atoms with Gasteiger partial charge in [-0.3, -0.25) is 0 Å². The summed E-state index contributed by atoms with van der Waals surface area (Å²) in [5, 5.41) is 13.7. The van der Waals surface area contributed by atoms with Crippen LogP contribution in [-0.2, 0) is 11.3 Å². The number of rotatable bonds is 5. The lowest BCUT2D eigenvalue weighted by atomic mass is 9.49. The van der Waals surface area contributed by atoms with Gasteiger partial charge in [0.15, 0.2) is 0 Å². The predicted octanol–water partition coefficient (Wildman–Crippen LogP) is 3.48. The Morgan fingerprint density at radius 1 is 1.21 bits per heavy atom. The van der Waals surface area contributed by atoms with E-state index in [4.69, 9.17) is 4.74 Å². The average Bonchev–Trinajstić information content (AvgIpc) is 2.54. The van der Waals surface area contributed by atoms with E-state index in [0.717, 1.165) is 24.3 Å². The number of ether oxygens (including phenoxy) is 1. The lowest BCUT2D eigenvalue weighted by Gasteiger charge is -2.57. The molecule has 0 saturated heterocycles. The average molecular weight is 329 g/mol. The Morgan fingerprint density at radius 2 is 1.83 bits per heavy atom. The summed E-state index contributed by atoms with van der Waals surface area (Å²) in [6.07, 6.45) is 8.42. The molecule has 2 N–H and O–H groups in total. The SMILES string of the molecule is COC(=O)c1cccc(O)c1CNCC12CC3CC(CC(C3)C1)C2. The summed E-state index contributed by atoms with van der Waals surface area (Å²) >= 11 is 0. The van der Waals surface area contributed by atoms with Gasteiger partial charge in [-0.15, -0.1) is 0 Å². The number of phenolic OH excluding ortho intramolecular Hbond substituents is 1. The van der Waals surface area contributed by atoms with Crippen molar-refractivity contribution in [1.82, 2.24) is 5.32 Å². The Bertz CT molecular complexity index is 604. The summed E-state index contributed by atoms with van der Waals surface area (Å²) in [5.41, 5.74) is 1.55. The van der Waals surface area contributed by atoms with E-state index >= 15 is 0 Å². The topological polar surface area (TPSA) is 58.6 Å². The van der Waals surface area contributed by atoms with Gasteiger partial charge < -0.3 is 15.2 Å². The van der Waals surface area contributed by atoms with Crippen molar-refractivity contribution in [3.63, 3.8) is 0 Å². The minimum Gasteiger partial charge on any atom is -0.508 e. The minimum atomic E-state index is -0.391. The summed E-state index contributed by atoms with van der Waals surface area (Å²) in [4.78, 5) is 11.9. The highest BCUT2D eigenvalue weighted by Crippen LogP contribution is 2.59. The molecule has 4 heteroatoms. The first kappa shape index (κ1) is 15.9. The van der Waals surface area contributed by atoms with Gasteiger partial charge in [-0.25, -0.2) is 4.79 Å². The van der Waals surface area contributed by atoms with Gasteiger partial charge in [0.2, 0.25) is 0 Å². The molecule has 1 aromatic rings. The summed E-state index contributed by atoms with van der Waals surface area (Å²) in [5.74, 6) is 2.59. The molecular formula is C20H27NO3. The molecule has 0 amide bonds. The molecule has 130 valence electrons. The minimum absolute atomic E-state index is 0.163. The van der Waals surface area contributed by atoms with Gasteiger partial charge in [0.25, 0.3) is 0 Å². The second-order valence-corrected chi connectivity index (χ2v) is 8.32. The smallest absolute Gasteiger partial charge is 0.338 e. The number of esters is 1. The molecule has 4 fully saturated rings. The second-order valence-electron chi connectivity index (χ2n) is 8.32. The molecule has 5 rings (SSSR count). The van der Waals surface area contributed by atoms with Gasteiger partial charge in [0.05, 0.1) is 12.7 Å². The van der Waals surface area contributed by atoms with Crippen molar-refractivity contribution >= 4 is 5.97 Å². The summed E-state index contributed by atoms with van der Waals surface area (Å²) in [6, 6.07) is 5.03. The number of nitrogens with one attached hydrogen (secondary N) is 1. The number of carbonyl (C=O) groups excluding carboxylic acids is 1. The first-order valence-electron chi connectivity index (χ1n) is 9.18. The van der Waals surface area contributed by atoms with E-state index in [2.05, 4.69) is 5.32 Å². The van der Waals surface area contributed by atoms with Crippen LogP contribution in [0.2, 0.25) is 0 Å². The fourth-order valence-electron chi connectivity index (χ4n) is 6.02. The highest BCUT2D eigenvalue weighted by atomic mass is 16.5. The van der Waals surface area contributed by atoms with Gasteiger partial charge in [-0.1, -0.05) is 6.07 Å². The molecule has 24 heavy (non-hydrogen) atoms. The van der Waals surface area contributed by atoms with Crippen LogP contribution in [0, 0.1) is 23.2 Å². The predicted molar refractivity (Wildman–Crippen MR) is 91.8 cm³/mol. The Kier molecular flexibility index (Phi) is 4.03. The molecule has 4 saturated carbocycles. The summed E-state index contributed by atoms with van der Waals surface area (Å²) in [6.45, 7) is 1.50. The Balaban J connectivity index is 1.44. The number of benzene rings is 1. The fourth-order valence-corrected chi connectivity index (χ4v) is 6.02. The van der Waals surface area contributed by atoms with Crippen LogP contribution < -0.4 is 5.32 Å². The van der Waals surface area contributed by atoms with Crippen LogP contribution in [0.1, 0.15) is 54.4 Å². The fraction of sp³-hybridized carbons (Fsp3) is 0.650. The van der Waals surface area contributed by atoms with Crippen LogP contribution in [0.15, 0.2) is 18.2 Å². The van der Waals surface area contributed by atoms with E-state index in [0.29, 0.717) is 23.1 Å². The molecule has 0 radical (unpaired) electrons. The largest absolute Gasteiger partial charge is 0.508 e. The molecule has 4 bridgehead atoms. The number of hydrogen-bond acceptors (Lipinski definition) is 4. The van der Waals surface area contributed by atoms with Gasteiger partial charge in [-0.05, 0) is 73.8 Å². The number of phenols is 1. The van der Waals surface area contributed by atoms with Crippen molar-refractivity contribution in [3.8, 4) is 5.75 Å². The summed E-state index contributed by atoms with van der Waals surface area (Å²) < 4.78 is 4.83. The first-order chi connectivity index (χ1) is 11.6. The normalized spacial score (nSPS) is 33.6. The molecule has 1 aromatic carbocycles. The van der Waals surface area contributed by atoms with E-state index in [1.165, 1.54) is 45.6 Å². The maximum absolute atomic E-state index is 11.9. The summed E-state index contributed by atoms with van der Waals surface area (Å²) in [7, 11) is 1.37. The molecule has 0 heterocycles. The van der Waals surface area contributed by atoms with Crippen LogP contribution in [0.25, 0.3) is 0 Å². The maximum atomic E-state index is 11.9. The molecular weight excluding hydrogens is 302 g/mol. The van der Waals surface area contributed by atoms with E-state index in [1.54, 1.807) is 18.2 Å². The third-order valence-electron chi connectivity index (χ3n) is 6.52. The molecule has 4 aliphatic rings. The highest BCUT2D eigenvalue weighted by molar-refractivity contribution is 5.91. The highest BCUT2D eigenvalue weighted by Gasteiger charge is 2.50. The quantitative estimate of drug-likeness (QED) is 0.812. The van der Waals surface area contributed by atoms with E-state index in [1.807, 2.05) is 0 Å². The second kappa shape index (κ2) is 6.07. The zero-order valence-corrected chi connectivity index (χ0v) is 14.4. The van der Waals surface area contributed by atoms with E-state index < -0.39 is 5.97 Å². The number of methoxy groups -OCH3 is 1. The van der Waals surface area contributed by atoms with Gasteiger partial charge in [0.1, 0.15) is 5.75 Å². The third-order valence-corrected chi connectivity index (χ3v) is 6.52. The molecule has 0 spiro atoms. The Labute approximate surface area is 143 Å². The number of aromatic hydroxyl groups is 1. The van der Waals surface area contributed by atoms with Gasteiger partial charge in [0, 0.05) is 18.7 Å². The lowest BCUT2D eigenvalue weighted by Crippen LogP contribution is -2.50. The van der Waals surface area contributed by atoms with Gasteiger partial charge in [-0.2, -0.15) is 0 Å². The number of hydrogen-bond donors (Lipinski definition) is 2. The zero-order valence-electron chi connectivity index (χ0n) is 14.4. The van der Waals surface area contributed by atoms with Crippen LogP contribution in [-0.4, -0.2) is 24.7 Å². The van der Waals surface area contributed by atoms with E-state index in [-0.39, 0.29) is 5.75 Å². The van der Waals surface area contributed by atoms with Crippen molar-refractivity contribution in [3.05, 3.63) is 29.3 Å². The third kappa shape index (κ3) is 2.81. The Hall–Kier alpha value is -1.55.